The Balaban J connectivity index is 1.34. The minimum atomic E-state index is -3.67. The van der Waals surface area contributed by atoms with Crippen molar-refractivity contribution < 1.29 is 13.2 Å². The SMILES string of the molecule is CCN(CCc1ccccn1)S(=O)(=O)c1ccc(Nc2ncc3c(n2)-c2ccc(Cl)cc2NC(=O)C3)cc1. The number of hydrogen-bond acceptors (Lipinski definition) is 7. The van der Waals surface area contributed by atoms with Crippen molar-refractivity contribution in [2.75, 3.05) is 23.7 Å². The molecule has 0 fully saturated rings. The second kappa shape index (κ2) is 10.9. The van der Waals surface area contributed by atoms with Crippen LogP contribution in [0.5, 0.6) is 0 Å². The first kappa shape index (κ1) is 25.8. The molecule has 38 heavy (non-hydrogen) atoms. The molecule has 0 radical (unpaired) electrons. The first-order valence-corrected chi connectivity index (χ1v) is 13.9. The van der Waals surface area contributed by atoms with Gasteiger partial charge in [0.1, 0.15) is 0 Å². The zero-order valence-corrected chi connectivity index (χ0v) is 22.1. The highest BCUT2D eigenvalue weighted by atomic mass is 35.5. The lowest BCUT2D eigenvalue weighted by molar-refractivity contribution is -0.115. The van der Waals surface area contributed by atoms with Gasteiger partial charge in [-0.05, 0) is 54.6 Å². The molecule has 0 saturated heterocycles. The fraction of sp³-hybridized carbons (Fsp3) is 0.185. The number of pyridine rings is 1. The lowest BCUT2D eigenvalue weighted by Crippen LogP contribution is -2.32. The number of benzene rings is 2. The smallest absolute Gasteiger partial charge is 0.243 e. The molecule has 1 aliphatic heterocycles. The number of carbonyl (C=O) groups is 1. The third-order valence-electron chi connectivity index (χ3n) is 6.17. The summed E-state index contributed by atoms with van der Waals surface area (Å²) in [4.78, 5) is 25.8. The minimum Gasteiger partial charge on any atom is -0.325 e. The number of amides is 1. The average molecular weight is 549 g/mol. The van der Waals surface area contributed by atoms with Gasteiger partial charge in [0.05, 0.1) is 22.7 Å². The molecule has 2 N–H and O–H groups in total. The number of anilines is 3. The molecule has 9 nitrogen and oxygen atoms in total. The summed E-state index contributed by atoms with van der Waals surface area (Å²) >= 11 is 6.12. The average Bonchev–Trinajstić information content (AvgIpc) is 3.04. The van der Waals surface area contributed by atoms with Crippen molar-refractivity contribution in [1.29, 1.82) is 0 Å². The number of sulfonamides is 1. The van der Waals surface area contributed by atoms with Gasteiger partial charge in [0.15, 0.2) is 0 Å². The Morgan fingerprint density at radius 2 is 1.89 bits per heavy atom. The number of fused-ring (bicyclic) bond motifs is 3. The van der Waals surface area contributed by atoms with E-state index < -0.39 is 10.0 Å². The van der Waals surface area contributed by atoms with Gasteiger partial charge in [0.2, 0.25) is 21.9 Å². The van der Waals surface area contributed by atoms with E-state index in [2.05, 4.69) is 25.6 Å². The van der Waals surface area contributed by atoms with Crippen LogP contribution in [0.15, 0.2) is 78.0 Å². The fourth-order valence-electron chi connectivity index (χ4n) is 4.25. The highest BCUT2D eigenvalue weighted by Gasteiger charge is 2.24. The molecule has 0 bridgehead atoms. The standard InChI is InChI=1S/C27H25ClN6O3S/c1-2-34(14-12-20-5-3-4-13-29-20)38(36,37)22-9-7-21(8-10-22)31-27-30-17-18-15-25(35)32-24-16-19(28)6-11-23(24)26(18)33-27/h3-11,13,16-17H,2,12,14-15H2,1H3,(H,32,35)(H,30,31,33). The highest BCUT2D eigenvalue weighted by molar-refractivity contribution is 7.89. The number of halogens is 1. The second-order valence-electron chi connectivity index (χ2n) is 8.70. The fourth-order valence-corrected chi connectivity index (χ4v) is 5.87. The van der Waals surface area contributed by atoms with Crippen molar-refractivity contribution in [2.24, 2.45) is 0 Å². The summed E-state index contributed by atoms with van der Waals surface area (Å²) in [6, 6.07) is 17.3. The maximum absolute atomic E-state index is 13.2. The predicted molar refractivity (Wildman–Crippen MR) is 147 cm³/mol. The number of hydrogen-bond donors (Lipinski definition) is 2. The van der Waals surface area contributed by atoms with Crippen LogP contribution in [0.3, 0.4) is 0 Å². The molecule has 11 heteroatoms. The van der Waals surface area contributed by atoms with Gasteiger partial charge in [-0.1, -0.05) is 24.6 Å². The van der Waals surface area contributed by atoms with Gasteiger partial charge >= 0.3 is 0 Å². The summed E-state index contributed by atoms with van der Waals surface area (Å²) in [7, 11) is -3.67. The molecule has 2 aromatic heterocycles. The zero-order valence-electron chi connectivity index (χ0n) is 20.6. The highest BCUT2D eigenvalue weighted by Crippen LogP contribution is 2.35. The monoisotopic (exact) mass is 548 g/mol. The Morgan fingerprint density at radius 3 is 2.63 bits per heavy atom. The van der Waals surface area contributed by atoms with Gasteiger partial charge in [-0.3, -0.25) is 9.78 Å². The van der Waals surface area contributed by atoms with Gasteiger partial charge in [-0.2, -0.15) is 4.31 Å². The third kappa shape index (κ3) is 5.52. The van der Waals surface area contributed by atoms with Gasteiger partial charge < -0.3 is 10.6 Å². The molecular weight excluding hydrogens is 524 g/mol. The number of aromatic nitrogens is 3. The summed E-state index contributed by atoms with van der Waals surface area (Å²) in [5.74, 6) is 0.148. The molecule has 1 aliphatic rings. The van der Waals surface area contributed by atoms with E-state index >= 15 is 0 Å². The van der Waals surface area contributed by atoms with Crippen LogP contribution in [0.4, 0.5) is 17.3 Å². The lowest BCUT2D eigenvalue weighted by atomic mass is 10.1. The van der Waals surface area contributed by atoms with Crippen LogP contribution in [0, 0.1) is 0 Å². The first-order valence-electron chi connectivity index (χ1n) is 12.1. The Kier molecular flexibility index (Phi) is 7.37. The Hall–Kier alpha value is -3.86. The van der Waals surface area contributed by atoms with Crippen LogP contribution in [-0.2, 0) is 27.7 Å². The van der Waals surface area contributed by atoms with Crippen LogP contribution in [0.1, 0.15) is 18.2 Å². The molecule has 3 heterocycles. The maximum atomic E-state index is 13.2. The number of likely N-dealkylation sites (N-methyl/N-ethyl adjacent to an activating group) is 1. The van der Waals surface area contributed by atoms with E-state index in [1.807, 2.05) is 31.2 Å². The van der Waals surface area contributed by atoms with Crippen LogP contribution in [0.2, 0.25) is 5.02 Å². The Morgan fingerprint density at radius 1 is 1.08 bits per heavy atom. The molecule has 0 spiro atoms. The summed E-state index contributed by atoms with van der Waals surface area (Å²) in [6.07, 6.45) is 3.99. The molecule has 194 valence electrons. The van der Waals surface area contributed by atoms with Crippen molar-refractivity contribution in [3.63, 3.8) is 0 Å². The number of rotatable bonds is 8. The topological polar surface area (TPSA) is 117 Å². The molecule has 0 unspecified atom stereocenters. The molecule has 1 amide bonds. The van der Waals surface area contributed by atoms with Crippen molar-refractivity contribution >= 4 is 44.9 Å². The quantitative estimate of drug-likeness (QED) is 0.328. The number of nitrogens with zero attached hydrogens (tertiary/aromatic N) is 4. The number of carbonyl (C=O) groups excluding carboxylic acids is 1. The third-order valence-corrected chi connectivity index (χ3v) is 8.39. The van der Waals surface area contributed by atoms with Crippen molar-refractivity contribution in [1.82, 2.24) is 19.3 Å². The van der Waals surface area contributed by atoms with Gasteiger partial charge in [0.25, 0.3) is 0 Å². The first-order chi connectivity index (χ1) is 18.3. The van der Waals surface area contributed by atoms with Gasteiger partial charge in [-0.25, -0.2) is 18.4 Å². The van der Waals surface area contributed by atoms with Crippen LogP contribution < -0.4 is 10.6 Å². The second-order valence-corrected chi connectivity index (χ2v) is 11.1. The Bertz CT molecular complexity index is 1580. The van der Waals surface area contributed by atoms with Crippen molar-refractivity contribution in [3.05, 3.63) is 89.3 Å². The Labute approximate surface area is 226 Å². The van der Waals surface area contributed by atoms with Crippen LogP contribution in [0.25, 0.3) is 11.3 Å². The summed E-state index contributed by atoms with van der Waals surface area (Å²) < 4.78 is 27.9. The predicted octanol–water partition coefficient (Wildman–Crippen LogP) is 4.68. The van der Waals surface area contributed by atoms with Gasteiger partial charge in [-0.15, -0.1) is 0 Å². The largest absolute Gasteiger partial charge is 0.325 e. The van der Waals surface area contributed by atoms with E-state index in [1.165, 1.54) is 4.31 Å². The normalized spacial score (nSPS) is 12.9. The van der Waals surface area contributed by atoms with E-state index in [4.69, 9.17) is 11.6 Å². The molecule has 0 saturated carbocycles. The van der Waals surface area contributed by atoms with E-state index in [0.29, 0.717) is 53.1 Å². The summed E-state index contributed by atoms with van der Waals surface area (Å²) in [5, 5.41) is 6.49. The molecule has 0 aliphatic carbocycles. The minimum absolute atomic E-state index is 0.142. The van der Waals surface area contributed by atoms with E-state index in [0.717, 1.165) is 11.3 Å². The molecule has 0 atom stereocenters. The van der Waals surface area contributed by atoms with Crippen molar-refractivity contribution in [2.45, 2.75) is 24.7 Å². The van der Waals surface area contributed by atoms with Gasteiger partial charge in [0, 0.05) is 59.4 Å². The molecule has 4 aromatic rings. The number of nitrogens with one attached hydrogen (secondary N) is 2. The zero-order chi connectivity index (χ0) is 26.7. The molecule has 5 rings (SSSR count). The van der Waals surface area contributed by atoms with Crippen LogP contribution in [-0.4, -0.2) is 46.7 Å². The van der Waals surface area contributed by atoms with Crippen molar-refractivity contribution in [3.8, 4) is 11.3 Å². The molecular formula is C27H25ClN6O3S. The van der Waals surface area contributed by atoms with E-state index in [9.17, 15) is 13.2 Å². The van der Waals surface area contributed by atoms with Crippen LogP contribution >= 0.6 is 11.6 Å². The summed E-state index contributed by atoms with van der Waals surface area (Å²) in [5.41, 5.74) is 4.11. The lowest BCUT2D eigenvalue weighted by Gasteiger charge is -2.20. The molecule has 2 aromatic carbocycles. The maximum Gasteiger partial charge on any atom is 0.243 e. The van der Waals surface area contributed by atoms with E-state index in [1.54, 1.807) is 48.8 Å². The summed E-state index contributed by atoms with van der Waals surface area (Å²) in [6.45, 7) is 2.50. The van der Waals surface area contributed by atoms with E-state index in [-0.39, 0.29) is 17.2 Å².